The van der Waals surface area contributed by atoms with Crippen LogP contribution in [0.2, 0.25) is 0 Å². The highest BCUT2D eigenvalue weighted by molar-refractivity contribution is 5.99. The van der Waals surface area contributed by atoms with Crippen LogP contribution in [0.1, 0.15) is 22.8 Å². The second kappa shape index (κ2) is 9.76. The van der Waals surface area contributed by atoms with Gasteiger partial charge in [0.05, 0.1) is 24.7 Å². The Morgan fingerprint density at radius 1 is 1.23 bits per heavy atom. The number of nitro benzene ring substituents is 1. The first kappa shape index (κ1) is 22.7. The zero-order chi connectivity index (χ0) is 22.3. The van der Waals surface area contributed by atoms with Crippen LogP contribution in [-0.4, -0.2) is 42.3 Å². The van der Waals surface area contributed by atoms with E-state index >= 15 is 0 Å². The molecule has 1 N–H and O–H groups in total. The van der Waals surface area contributed by atoms with Gasteiger partial charge in [0.1, 0.15) is 5.56 Å². The first-order chi connectivity index (χ1) is 14.1. The molecule has 0 saturated heterocycles. The number of nitrogens with one attached hydrogen (secondary N) is 1. The van der Waals surface area contributed by atoms with Crippen LogP contribution in [-0.2, 0) is 6.54 Å². The fourth-order valence-corrected chi connectivity index (χ4v) is 2.38. The predicted octanol–water partition coefficient (Wildman–Crippen LogP) is 3.27. The van der Waals surface area contributed by atoms with Gasteiger partial charge in [-0.1, -0.05) is 0 Å². The second-order valence-corrected chi connectivity index (χ2v) is 5.80. The lowest BCUT2D eigenvalue weighted by Crippen LogP contribution is -2.24. The van der Waals surface area contributed by atoms with Gasteiger partial charge < -0.3 is 19.5 Å². The van der Waals surface area contributed by atoms with E-state index in [9.17, 15) is 28.1 Å². The topological polar surface area (TPSA) is 113 Å². The van der Waals surface area contributed by atoms with Gasteiger partial charge in [0, 0.05) is 24.9 Å². The number of hydrogen-bond acceptors (Lipinski definition) is 7. The van der Waals surface area contributed by atoms with E-state index in [0.29, 0.717) is 5.56 Å². The zero-order valence-electron chi connectivity index (χ0n) is 16.0. The van der Waals surface area contributed by atoms with E-state index < -0.39 is 29.3 Å². The van der Waals surface area contributed by atoms with Crippen molar-refractivity contribution in [2.75, 3.05) is 20.3 Å². The van der Waals surface area contributed by atoms with Crippen molar-refractivity contribution in [1.82, 2.24) is 10.3 Å². The molecule has 1 heterocycles. The van der Waals surface area contributed by atoms with E-state index in [0.717, 1.165) is 6.07 Å². The summed E-state index contributed by atoms with van der Waals surface area (Å²) in [6, 6.07) is 4.95. The molecule has 0 aliphatic rings. The number of halogens is 3. The van der Waals surface area contributed by atoms with Crippen molar-refractivity contribution in [3.8, 4) is 17.4 Å². The van der Waals surface area contributed by atoms with Gasteiger partial charge in [-0.25, -0.2) is 4.98 Å². The summed E-state index contributed by atoms with van der Waals surface area (Å²) in [5.74, 6) is -0.795. The molecule has 1 amide bonds. The highest BCUT2D eigenvalue weighted by Gasteiger charge is 2.29. The molecule has 0 fully saturated rings. The average molecular weight is 429 g/mol. The van der Waals surface area contributed by atoms with Crippen molar-refractivity contribution < 1.29 is 37.1 Å². The number of methoxy groups -OCH3 is 1. The van der Waals surface area contributed by atoms with Crippen molar-refractivity contribution in [3.63, 3.8) is 0 Å². The molecule has 0 aliphatic heterocycles. The van der Waals surface area contributed by atoms with Crippen LogP contribution in [0.5, 0.6) is 17.4 Å². The van der Waals surface area contributed by atoms with Gasteiger partial charge in [-0.05, 0) is 18.6 Å². The zero-order valence-corrected chi connectivity index (χ0v) is 16.0. The number of carbonyl (C=O) groups is 1. The molecule has 2 rings (SSSR count). The van der Waals surface area contributed by atoms with Gasteiger partial charge in [0.2, 0.25) is 5.88 Å². The summed E-state index contributed by atoms with van der Waals surface area (Å²) < 4.78 is 51.7. The van der Waals surface area contributed by atoms with E-state index in [2.05, 4.69) is 15.0 Å². The standard InChI is InChI=1S/C18H18F3N3O6/c1-3-29-15-7-12(13(24(26)27)8-14(15)28-2)17(25)23-9-11-4-5-22-16(6-11)30-10-18(19,20)21/h4-8H,3,9-10H2,1-2H3,(H,23,25). The van der Waals surface area contributed by atoms with E-state index in [1.807, 2.05) is 0 Å². The lowest BCUT2D eigenvalue weighted by Gasteiger charge is -2.12. The molecule has 0 bridgehead atoms. The van der Waals surface area contributed by atoms with Crippen LogP contribution in [0, 0.1) is 10.1 Å². The molecule has 12 heteroatoms. The quantitative estimate of drug-likeness (QED) is 0.481. The third-order valence-corrected chi connectivity index (χ3v) is 3.66. The summed E-state index contributed by atoms with van der Waals surface area (Å²) >= 11 is 0. The maximum absolute atomic E-state index is 12.5. The van der Waals surface area contributed by atoms with Crippen molar-refractivity contribution in [2.45, 2.75) is 19.6 Å². The van der Waals surface area contributed by atoms with Crippen LogP contribution in [0.25, 0.3) is 0 Å². The van der Waals surface area contributed by atoms with Crippen molar-refractivity contribution in [2.24, 2.45) is 0 Å². The molecular formula is C18H18F3N3O6. The summed E-state index contributed by atoms with van der Waals surface area (Å²) in [6.07, 6.45) is -3.30. The van der Waals surface area contributed by atoms with Gasteiger partial charge in [-0.3, -0.25) is 14.9 Å². The number of ether oxygens (including phenoxy) is 3. The number of rotatable bonds is 9. The summed E-state index contributed by atoms with van der Waals surface area (Å²) in [6.45, 7) is 0.306. The van der Waals surface area contributed by atoms with Gasteiger partial charge in [-0.2, -0.15) is 13.2 Å². The van der Waals surface area contributed by atoms with Gasteiger partial charge in [0.25, 0.3) is 11.6 Å². The summed E-state index contributed by atoms with van der Waals surface area (Å²) in [5.41, 5.74) is -0.361. The maximum atomic E-state index is 12.5. The maximum Gasteiger partial charge on any atom is 0.422 e. The lowest BCUT2D eigenvalue weighted by molar-refractivity contribution is -0.385. The van der Waals surface area contributed by atoms with E-state index in [4.69, 9.17) is 9.47 Å². The number of aromatic nitrogens is 1. The Bertz CT molecular complexity index is 921. The summed E-state index contributed by atoms with van der Waals surface area (Å²) in [5, 5.41) is 13.8. The molecule has 30 heavy (non-hydrogen) atoms. The lowest BCUT2D eigenvalue weighted by atomic mass is 10.1. The van der Waals surface area contributed by atoms with Crippen molar-refractivity contribution >= 4 is 11.6 Å². The minimum Gasteiger partial charge on any atom is -0.493 e. The Labute approximate surface area is 168 Å². The Kier molecular flexibility index (Phi) is 7.39. The minimum atomic E-state index is -4.52. The molecule has 0 aliphatic carbocycles. The summed E-state index contributed by atoms with van der Waals surface area (Å²) in [7, 11) is 1.31. The molecular weight excluding hydrogens is 411 g/mol. The Hall–Kier alpha value is -3.57. The number of hydrogen-bond donors (Lipinski definition) is 1. The number of carbonyl (C=O) groups excluding carboxylic acids is 1. The molecule has 0 spiro atoms. The Morgan fingerprint density at radius 2 is 1.97 bits per heavy atom. The number of pyridine rings is 1. The molecule has 2 aromatic rings. The van der Waals surface area contributed by atoms with Crippen molar-refractivity contribution in [1.29, 1.82) is 0 Å². The Balaban J connectivity index is 2.18. The molecule has 0 unspecified atom stereocenters. The monoisotopic (exact) mass is 429 g/mol. The normalized spacial score (nSPS) is 11.0. The molecule has 1 aromatic carbocycles. The SMILES string of the molecule is CCOc1cc(C(=O)NCc2ccnc(OCC(F)(F)F)c2)c([N+](=O)[O-])cc1OC. The van der Waals surface area contributed by atoms with Gasteiger partial charge in [-0.15, -0.1) is 0 Å². The van der Waals surface area contributed by atoms with E-state index in [1.165, 1.54) is 31.5 Å². The first-order valence-electron chi connectivity index (χ1n) is 8.56. The molecule has 162 valence electrons. The van der Waals surface area contributed by atoms with Crippen LogP contribution in [0.4, 0.5) is 18.9 Å². The fourth-order valence-electron chi connectivity index (χ4n) is 2.38. The van der Waals surface area contributed by atoms with E-state index in [-0.39, 0.29) is 36.1 Å². The molecule has 0 radical (unpaired) electrons. The first-order valence-corrected chi connectivity index (χ1v) is 8.56. The number of benzene rings is 1. The van der Waals surface area contributed by atoms with Gasteiger partial charge in [0.15, 0.2) is 18.1 Å². The van der Waals surface area contributed by atoms with E-state index in [1.54, 1.807) is 6.92 Å². The Morgan fingerprint density at radius 3 is 2.57 bits per heavy atom. The fraction of sp³-hybridized carbons (Fsp3) is 0.333. The third-order valence-electron chi connectivity index (χ3n) is 3.66. The predicted molar refractivity (Wildman–Crippen MR) is 97.8 cm³/mol. The summed E-state index contributed by atoms with van der Waals surface area (Å²) in [4.78, 5) is 26.8. The number of alkyl halides is 3. The number of nitrogens with zero attached hydrogens (tertiary/aromatic N) is 2. The second-order valence-electron chi connectivity index (χ2n) is 5.80. The largest absolute Gasteiger partial charge is 0.493 e. The van der Waals surface area contributed by atoms with Crippen LogP contribution >= 0.6 is 0 Å². The molecule has 0 atom stereocenters. The number of amides is 1. The minimum absolute atomic E-state index is 0.0979. The van der Waals surface area contributed by atoms with Crippen LogP contribution < -0.4 is 19.5 Å². The molecule has 9 nitrogen and oxygen atoms in total. The van der Waals surface area contributed by atoms with Crippen LogP contribution in [0.3, 0.4) is 0 Å². The number of nitro groups is 1. The van der Waals surface area contributed by atoms with Crippen LogP contribution in [0.15, 0.2) is 30.5 Å². The molecule has 1 aromatic heterocycles. The van der Waals surface area contributed by atoms with Crippen molar-refractivity contribution in [3.05, 3.63) is 51.7 Å². The third kappa shape index (κ3) is 6.22. The molecule has 0 saturated carbocycles. The average Bonchev–Trinajstić information content (AvgIpc) is 2.70. The highest BCUT2D eigenvalue weighted by atomic mass is 19.4. The smallest absolute Gasteiger partial charge is 0.422 e. The van der Waals surface area contributed by atoms with Gasteiger partial charge >= 0.3 is 6.18 Å². The highest BCUT2D eigenvalue weighted by Crippen LogP contribution is 2.34.